The van der Waals surface area contributed by atoms with Gasteiger partial charge in [-0.1, -0.05) is 0 Å². The Morgan fingerprint density at radius 1 is 1.42 bits per heavy atom. The first-order valence-corrected chi connectivity index (χ1v) is 7.63. The Morgan fingerprint density at radius 2 is 2.26 bits per heavy atom. The highest BCUT2D eigenvalue weighted by Crippen LogP contribution is 2.34. The van der Waals surface area contributed by atoms with Crippen LogP contribution in [0.25, 0.3) is 10.2 Å². The Balaban J connectivity index is 1.94. The van der Waals surface area contributed by atoms with Crippen LogP contribution in [0.4, 0.5) is 0 Å². The molecule has 2 aromatic heterocycles. The average molecular weight is 277 g/mol. The van der Waals surface area contributed by atoms with E-state index in [1.807, 2.05) is 0 Å². The summed E-state index contributed by atoms with van der Waals surface area (Å²) in [6.45, 7) is 1.75. The van der Waals surface area contributed by atoms with Crippen molar-refractivity contribution in [1.29, 1.82) is 0 Å². The maximum Gasteiger partial charge on any atom is 0.262 e. The molecule has 4 nitrogen and oxygen atoms in total. The predicted octanol–water partition coefficient (Wildman–Crippen LogP) is 1.90. The topological polar surface area (TPSA) is 38.1 Å². The molecule has 0 spiro atoms. The number of rotatable bonds is 4. The minimum absolute atomic E-state index is 0.156. The molecule has 0 fully saturated rings. The zero-order chi connectivity index (χ0) is 13.4. The molecule has 0 atom stereocenters. The molecule has 3 rings (SSSR count). The van der Waals surface area contributed by atoms with Gasteiger partial charge in [0.15, 0.2) is 0 Å². The van der Waals surface area contributed by atoms with Gasteiger partial charge >= 0.3 is 0 Å². The minimum Gasteiger partial charge on any atom is -0.309 e. The first-order valence-electron chi connectivity index (χ1n) is 6.81. The number of nitrogens with zero attached hydrogens (tertiary/aromatic N) is 3. The molecule has 1 aliphatic rings. The van der Waals surface area contributed by atoms with E-state index in [4.69, 9.17) is 0 Å². The molecule has 0 amide bonds. The highest BCUT2D eigenvalue weighted by atomic mass is 32.1. The van der Waals surface area contributed by atoms with E-state index in [1.165, 1.54) is 16.9 Å². The van der Waals surface area contributed by atoms with Crippen molar-refractivity contribution in [1.82, 2.24) is 14.5 Å². The molecular weight excluding hydrogens is 258 g/mol. The van der Waals surface area contributed by atoms with E-state index in [0.29, 0.717) is 0 Å². The molecule has 0 radical (unpaired) electrons. The van der Waals surface area contributed by atoms with Gasteiger partial charge in [0.1, 0.15) is 4.83 Å². The van der Waals surface area contributed by atoms with Crippen LogP contribution < -0.4 is 5.56 Å². The van der Waals surface area contributed by atoms with Crippen molar-refractivity contribution < 1.29 is 0 Å². The molecule has 0 aliphatic heterocycles. The smallest absolute Gasteiger partial charge is 0.262 e. The quantitative estimate of drug-likeness (QED) is 0.856. The van der Waals surface area contributed by atoms with Crippen LogP contribution in [0, 0.1) is 0 Å². The summed E-state index contributed by atoms with van der Waals surface area (Å²) in [5.74, 6) is 0. The second-order valence-electron chi connectivity index (χ2n) is 5.44. The molecule has 0 saturated heterocycles. The number of thiophene rings is 1. The van der Waals surface area contributed by atoms with Gasteiger partial charge in [0, 0.05) is 11.4 Å². The largest absolute Gasteiger partial charge is 0.309 e. The first-order chi connectivity index (χ1) is 9.16. The Bertz CT molecular complexity index is 656. The van der Waals surface area contributed by atoms with Crippen LogP contribution in [-0.2, 0) is 19.4 Å². The van der Waals surface area contributed by atoms with Crippen LogP contribution in [0.3, 0.4) is 0 Å². The molecule has 0 saturated carbocycles. The predicted molar refractivity (Wildman–Crippen MR) is 79.1 cm³/mol. The van der Waals surface area contributed by atoms with Gasteiger partial charge in [0.05, 0.1) is 11.7 Å². The van der Waals surface area contributed by atoms with Crippen molar-refractivity contribution in [3.05, 3.63) is 27.1 Å². The van der Waals surface area contributed by atoms with Crippen LogP contribution in [-0.4, -0.2) is 35.1 Å². The summed E-state index contributed by atoms with van der Waals surface area (Å²) in [5.41, 5.74) is 1.43. The number of hydrogen-bond donors (Lipinski definition) is 0. The van der Waals surface area contributed by atoms with Gasteiger partial charge in [-0.3, -0.25) is 9.36 Å². The third kappa shape index (κ3) is 2.32. The van der Waals surface area contributed by atoms with Crippen LogP contribution in [0.5, 0.6) is 0 Å². The molecule has 0 unspecified atom stereocenters. The molecule has 1 aliphatic carbocycles. The maximum absolute atomic E-state index is 12.5. The molecule has 19 heavy (non-hydrogen) atoms. The van der Waals surface area contributed by atoms with Crippen LogP contribution in [0.15, 0.2) is 11.1 Å². The zero-order valence-electron chi connectivity index (χ0n) is 11.5. The molecule has 2 heterocycles. The van der Waals surface area contributed by atoms with Crippen molar-refractivity contribution in [2.45, 2.75) is 32.2 Å². The van der Waals surface area contributed by atoms with E-state index < -0.39 is 0 Å². The van der Waals surface area contributed by atoms with Crippen molar-refractivity contribution in [2.24, 2.45) is 0 Å². The summed E-state index contributed by atoms with van der Waals surface area (Å²) in [6, 6.07) is 0. The normalized spacial score (nSPS) is 14.5. The first kappa shape index (κ1) is 12.8. The number of fused-ring (bicyclic) bond motifs is 3. The summed E-state index contributed by atoms with van der Waals surface area (Å²) >= 11 is 1.71. The monoisotopic (exact) mass is 277 g/mol. The van der Waals surface area contributed by atoms with Gasteiger partial charge in [-0.15, -0.1) is 11.3 Å². The number of aryl methyl sites for hydroxylation is 3. The lowest BCUT2D eigenvalue weighted by Gasteiger charge is -2.10. The Morgan fingerprint density at radius 3 is 3.05 bits per heavy atom. The Hall–Kier alpha value is -1.20. The molecule has 2 aromatic rings. The molecule has 0 bridgehead atoms. The van der Waals surface area contributed by atoms with Gasteiger partial charge in [-0.05, 0) is 51.9 Å². The summed E-state index contributed by atoms with van der Waals surface area (Å²) in [5, 5.41) is 0.893. The highest BCUT2D eigenvalue weighted by molar-refractivity contribution is 7.18. The fourth-order valence-corrected chi connectivity index (χ4v) is 3.96. The van der Waals surface area contributed by atoms with Gasteiger partial charge in [-0.25, -0.2) is 4.98 Å². The van der Waals surface area contributed by atoms with Crippen LogP contribution in [0.1, 0.15) is 23.3 Å². The lowest BCUT2D eigenvalue weighted by atomic mass is 10.2. The summed E-state index contributed by atoms with van der Waals surface area (Å²) in [4.78, 5) is 21.5. The standard InChI is InChI=1S/C14H19N3OS/c1-16(2)7-4-8-17-9-15-13-12(14(17)18)10-5-3-6-11(10)19-13/h9H,3-8H2,1-2H3. The zero-order valence-corrected chi connectivity index (χ0v) is 12.3. The second kappa shape index (κ2) is 5.06. The van der Waals surface area contributed by atoms with Gasteiger partial charge in [0.25, 0.3) is 5.56 Å². The number of aromatic nitrogens is 2. The Labute approximate surface area is 116 Å². The van der Waals surface area contributed by atoms with Crippen LogP contribution in [0.2, 0.25) is 0 Å². The van der Waals surface area contributed by atoms with Crippen molar-refractivity contribution >= 4 is 21.6 Å². The van der Waals surface area contributed by atoms with Crippen molar-refractivity contribution in [3.63, 3.8) is 0 Å². The fraction of sp³-hybridized carbons (Fsp3) is 0.571. The molecule has 0 N–H and O–H groups in total. The van der Waals surface area contributed by atoms with Gasteiger partial charge in [0.2, 0.25) is 0 Å². The minimum atomic E-state index is 0.156. The summed E-state index contributed by atoms with van der Waals surface area (Å²) in [7, 11) is 4.10. The van der Waals surface area contributed by atoms with E-state index in [9.17, 15) is 4.79 Å². The van der Waals surface area contributed by atoms with E-state index in [1.54, 1.807) is 22.2 Å². The van der Waals surface area contributed by atoms with Gasteiger partial charge in [-0.2, -0.15) is 0 Å². The van der Waals surface area contributed by atoms with E-state index in [2.05, 4.69) is 24.0 Å². The third-order valence-electron chi connectivity index (χ3n) is 3.70. The molecule has 5 heteroatoms. The lowest BCUT2D eigenvalue weighted by Crippen LogP contribution is -2.23. The van der Waals surface area contributed by atoms with Crippen molar-refractivity contribution in [2.75, 3.05) is 20.6 Å². The maximum atomic E-state index is 12.5. The third-order valence-corrected chi connectivity index (χ3v) is 4.90. The number of hydrogen-bond acceptors (Lipinski definition) is 4. The molecule has 102 valence electrons. The molecule has 0 aromatic carbocycles. The highest BCUT2D eigenvalue weighted by Gasteiger charge is 2.21. The SMILES string of the molecule is CN(C)CCCn1cnc2sc3c(c2c1=O)CCC3. The van der Waals surface area contributed by atoms with Gasteiger partial charge < -0.3 is 4.90 Å². The lowest BCUT2D eigenvalue weighted by molar-refractivity contribution is 0.384. The second-order valence-corrected chi connectivity index (χ2v) is 6.52. The fourth-order valence-electron chi connectivity index (χ4n) is 2.74. The average Bonchev–Trinajstić information content (AvgIpc) is 2.91. The van der Waals surface area contributed by atoms with E-state index in [-0.39, 0.29) is 5.56 Å². The van der Waals surface area contributed by atoms with Crippen LogP contribution >= 0.6 is 11.3 Å². The van der Waals surface area contributed by atoms with Crippen molar-refractivity contribution in [3.8, 4) is 0 Å². The Kier molecular flexibility index (Phi) is 3.41. The van der Waals surface area contributed by atoms with E-state index >= 15 is 0 Å². The van der Waals surface area contributed by atoms with E-state index in [0.717, 1.165) is 42.6 Å². The summed E-state index contributed by atoms with van der Waals surface area (Å²) < 4.78 is 1.77. The summed E-state index contributed by atoms with van der Waals surface area (Å²) in [6.07, 6.45) is 6.05. The molecular formula is C14H19N3OS.